The van der Waals surface area contributed by atoms with Crippen LogP contribution < -0.4 is 5.32 Å². The standard InChI is InChI=1S/C25H34N4O/c30-25(27-19-22-8-4-13-26-18-22)23-9-5-14-29(20-23)24-11-16-28(17-12-24)15-10-21-6-2-1-3-7-21/h1-4,6-8,13,18,23-24H,5,9-12,14-17,19-20H2,(H,27,30). The average molecular weight is 407 g/mol. The largest absolute Gasteiger partial charge is 0.352 e. The van der Waals surface area contributed by atoms with E-state index >= 15 is 0 Å². The van der Waals surface area contributed by atoms with Crippen molar-refractivity contribution in [2.24, 2.45) is 5.92 Å². The Balaban J connectivity index is 1.20. The molecule has 1 amide bonds. The van der Waals surface area contributed by atoms with Crippen LogP contribution >= 0.6 is 0 Å². The molecule has 1 unspecified atom stereocenters. The molecule has 1 N–H and O–H groups in total. The maximum absolute atomic E-state index is 12.7. The van der Waals surface area contributed by atoms with Gasteiger partial charge in [0.1, 0.15) is 0 Å². The molecule has 4 rings (SSSR count). The van der Waals surface area contributed by atoms with Crippen molar-refractivity contribution >= 4 is 5.91 Å². The van der Waals surface area contributed by atoms with Gasteiger partial charge in [0.25, 0.3) is 0 Å². The molecule has 3 heterocycles. The van der Waals surface area contributed by atoms with E-state index in [0.29, 0.717) is 12.6 Å². The molecule has 5 heteroatoms. The molecule has 1 aromatic carbocycles. The van der Waals surface area contributed by atoms with Gasteiger partial charge < -0.3 is 10.2 Å². The fourth-order valence-electron chi connectivity index (χ4n) is 4.83. The molecule has 1 aromatic heterocycles. The molecule has 2 fully saturated rings. The smallest absolute Gasteiger partial charge is 0.224 e. The average Bonchev–Trinajstić information content (AvgIpc) is 2.83. The van der Waals surface area contributed by atoms with E-state index in [-0.39, 0.29) is 11.8 Å². The zero-order valence-electron chi connectivity index (χ0n) is 17.9. The normalized spacial score (nSPS) is 21.4. The zero-order valence-corrected chi connectivity index (χ0v) is 17.9. The van der Waals surface area contributed by atoms with Crippen molar-refractivity contribution in [1.82, 2.24) is 20.1 Å². The van der Waals surface area contributed by atoms with Gasteiger partial charge in [-0.25, -0.2) is 0 Å². The van der Waals surface area contributed by atoms with E-state index in [9.17, 15) is 4.79 Å². The maximum Gasteiger partial charge on any atom is 0.224 e. The van der Waals surface area contributed by atoms with Crippen molar-refractivity contribution < 1.29 is 4.79 Å². The number of nitrogens with zero attached hydrogens (tertiary/aromatic N) is 3. The number of hydrogen-bond acceptors (Lipinski definition) is 4. The molecule has 0 spiro atoms. The predicted octanol–water partition coefficient (Wildman–Crippen LogP) is 3.12. The number of rotatable bonds is 7. The van der Waals surface area contributed by atoms with Gasteiger partial charge in [-0.15, -0.1) is 0 Å². The van der Waals surface area contributed by atoms with Gasteiger partial charge >= 0.3 is 0 Å². The van der Waals surface area contributed by atoms with Crippen LogP contribution in [0.25, 0.3) is 0 Å². The highest BCUT2D eigenvalue weighted by atomic mass is 16.1. The molecule has 2 aliphatic rings. The van der Waals surface area contributed by atoms with Crippen LogP contribution in [-0.4, -0.2) is 59.5 Å². The number of carbonyl (C=O) groups excluding carboxylic acids is 1. The van der Waals surface area contributed by atoms with Crippen LogP contribution in [0.2, 0.25) is 0 Å². The molecule has 5 nitrogen and oxygen atoms in total. The number of benzene rings is 1. The lowest BCUT2D eigenvalue weighted by atomic mass is 9.93. The van der Waals surface area contributed by atoms with Crippen LogP contribution in [0, 0.1) is 5.92 Å². The number of likely N-dealkylation sites (tertiary alicyclic amines) is 2. The van der Waals surface area contributed by atoms with E-state index < -0.39 is 0 Å². The first-order valence-electron chi connectivity index (χ1n) is 11.4. The van der Waals surface area contributed by atoms with Crippen LogP contribution in [0.3, 0.4) is 0 Å². The Morgan fingerprint density at radius 2 is 1.80 bits per heavy atom. The predicted molar refractivity (Wildman–Crippen MR) is 120 cm³/mol. The van der Waals surface area contributed by atoms with E-state index in [4.69, 9.17) is 0 Å². The number of hydrogen-bond donors (Lipinski definition) is 1. The summed E-state index contributed by atoms with van der Waals surface area (Å²) in [5.74, 6) is 0.315. The van der Waals surface area contributed by atoms with Crippen LogP contribution in [-0.2, 0) is 17.8 Å². The number of piperidine rings is 2. The van der Waals surface area contributed by atoms with Crippen molar-refractivity contribution in [3.63, 3.8) is 0 Å². The van der Waals surface area contributed by atoms with Crippen LogP contribution in [0.15, 0.2) is 54.9 Å². The number of aromatic nitrogens is 1. The lowest BCUT2D eigenvalue weighted by molar-refractivity contribution is -0.127. The molecule has 2 aliphatic heterocycles. The topological polar surface area (TPSA) is 48.5 Å². The summed E-state index contributed by atoms with van der Waals surface area (Å²) in [7, 11) is 0. The molecule has 1 atom stereocenters. The minimum atomic E-state index is 0.117. The van der Waals surface area contributed by atoms with Crippen molar-refractivity contribution in [3.8, 4) is 0 Å². The first-order chi connectivity index (χ1) is 14.8. The second kappa shape index (κ2) is 10.7. The van der Waals surface area contributed by atoms with Gasteiger partial charge in [-0.05, 0) is 68.9 Å². The van der Waals surface area contributed by atoms with E-state index in [0.717, 1.165) is 44.5 Å². The highest BCUT2D eigenvalue weighted by molar-refractivity contribution is 5.78. The van der Waals surface area contributed by atoms with Crippen molar-refractivity contribution in [2.45, 2.75) is 44.7 Å². The second-order valence-electron chi connectivity index (χ2n) is 8.72. The Kier molecular flexibility index (Phi) is 7.49. The van der Waals surface area contributed by atoms with Crippen molar-refractivity contribution in [1.29, 1.82) is 0 Å². The minimum absolute atomic E-state index is 0.117. The summed E-state index contributed by atoms with van der Waals surface area (Å²) < 4.78 is 0. The lowest BCUT2D eigenvalue weighted by Crippen LogP contribution is -2.50. The fraction of sp³-hybridized carbons (Fsp3) is 0.520. The fourth-order valence-corrected chi connectivity index (χ4v) is 4.83. The first-order valence-corrected chi connectivity index (χ1v) is 11.4. The molecule has 0 saturated carbocycles. The minimum Gasteiger partial charge on any atom is -0.352 e. The summed E-state index contributed by atoms with van der Waals surface area (Å²) >= 11 is 0. The second-order valence-corrected chi connectivity index (χ2v) is 8.72. The monoisotopic (exact) mass is 406 g/mol. The van der Waals surface area contributed by atoms with Gasteiger partial charge in [0.15, 0.2) is 0 Å². The van der Waals surface area contributed by atoms with E-state index in [1.165, 1.54) is 31.5 Å². The number of nitrogens with one attached hydrogen (secondary N) is 1. The Morgan fingerprint density at radius 1 is 1.00 bits per heavy atom. The summed E-state index contributed by atoms with van der Waals surface area (Å²) in [6.07, 6.45) is 9.28. The number of pyridine rings is 1. The maximum atomic E-state index is 12.7. The number of carbonyl (C=O) groups is 1. The quantitative estimate of drug-likeness (QED) is 0.768. The highest BCUT2D eigenvalue weighted by Crippen LogP contribution is 2.24. The molecule has 2 aromatic rings. The molecule has 160 valence electrons. The molecule has 30 heavy (non-hydrogen) atoms. The highest BCUT2D eigenvalue weighted by Gasteiger charge is 2.31. The number of amides is 1. The van der Waals surface area contributed by atoms with Gasteiger partial charge in [0.05, 0.1) is 5.92 Å². The van der Waals surface area contributed by atoms with Crippen molar-refractivity contribution in [3.05, 3.63) is 66.0 Å². The van der Waals surface area contributed by atoms with E-state index in [2.05, 4.69) is 50.4 Å². The van der Waals surface area contributed by atoms with Gasteiger partial charge in [-0.2, -0.15) is 0 Å². The van der Waals surface area contributed by atoms with Crippen LogP contribution in [0.5, 0.6) is 0 Å². The Morgan fingerprint density at radius 3 is 2.57 bits per heavy atom. The van der Waals surface area contributed by atoms with E-state index in [1.807, 2.05) is 18.3 Å². The molecular weight excluding hydrogens is 372 g/mol. The van der Waals surface area contributed by atoms with E-state index in [1.54, 1.807) is 6.20 Å². The lowest BCUT2D eigenvalue weighted by Gasteiger charge is -2.42. The summed E-state index contributed by atoms with van der Waals surface area (Å²) in [5, 5.41) is 3.12. The Hall–Kier alpha value is -2.24. The third-order valence-electron chi connectivity index (χ3n) is 6.65. The summed E-state index contributed by atoms with van der Waals surface area (Å²) in [5.41, 5.74) is 2.48. The van der Waals surface area contributed by atoms with Crippen LogP contribution in [0.4, 0.5) is 0 Å². The Labute approximate surface area is 180 Å². The van der Waals surface area contributed by atoms with Gasteiger partial charge in [-0.1, -0.05) is 36.4 Å². The molecule has 0 radical (unpaired) electrons. The first kappa shape index (κ1) is 21.0. The summed E-state index contributed by atoms with van der Waals surface area (Å²) in [4.78, 5) is 22.0. The third kappa shape index (κ3) is 5.89. The molecule has 0 bridgehead atoms. The molecule has 2 saturated heterocycles. The zero-order chi connectivity index (χ0) is 20.6. The van der Waals surface area contributed by atoms with Gasteiger partial charge in [0, 0.05) is 38.1 Å². The van der Waals surface area contributed by atoms with Crippen molar-refractivity contribution in [2.75, 3.05) is 32.7 Å². The Bertz CT molecular complexity index is 774. The molecule has 0 aliphatic carbocycles. The van der Waals surface area contributed by atoms with Gasteiger partial charge in [-0.3, -0.25) is 14.7 Å². The third-order valence-corrected chi connectivity index (χ3v) is 6.65. The van der Waals surface area contributed by atoms with Crippen LogP contribution in [0.1, 0.15) is 36.8 Å². The summed E-state index contributed by atoms with van der Waals surface area (Å²) in [6, 6.07) is 15.3. The molecular formula is C25H34N4O. The van der Waals surface area contributed by atoms with Gasteiger partial charge in [0.2, 0.25) is 5.91 Å². The SMILES string of the molecule is O=C(NCc1cccnc1)C1CCCN(C2CCN(CCc3ccccc3)CC2)C1. The summed E-state index contributed by atoms with van der Waals surface area (Å²) in [6.45, 7) is 6.12.